The van der Waals surface area contributed by atoms with Crippen LogP contribution in [0, 0.1) is 0 Å². The van der Waals surface area contributed by atoms with Crippen LogP contribution in [0.4, 0.5) is 0 Å². The number of aliphatic hydroxyl groups excluding tert-OH is 1. The Kier molecular flexibility index (Phi) is 9.40. The zero-order chi connectivity index (χ0) is 28.1. The maximum absolute atomic E-state index is 12.1. The fourth-order valence-corrected chi connectivity index (χ4v) is 5.86. The van der Waals surface area contributed by atoms with Crippen LogP contribution in [-0.4, -0.2) is 54.0 Å². The molecule has 4 rings (SSSR count). The van der Waals surface area contributed by atoms with Crippen molar-refractivity contribution in [1.29, 1.82) is 0 Å². The lowest BCUT2D eigenvalue weighted by atomic mass is 9.89. The zero-order valence-corrected chi connectivity index (χ0v) is 23.2. The maximum Gasteiger partial charge on any atom is 0.303 e. The summed E-state index contributed by atoms with van der Waals surface area (Å²) in [4.78, 5) is 38.1. The van der Waals surface area contributed by atoms with Gasteiger partial charge in [0, 0.05) is 42.0 Å². The quantitative estimate of drug-likeness (QED) is 0.300. The molecule has 0 spiro atoms. The molecule has 5 atom stereocenters. The van der Waals surface area contributed by atoms with E-state index in [9.17, 15) is 19.5 Å². The Hall–Kier alpha value is -3.24. The van der Waals surface area contributed by atoms with Crippen molar-refractivity contribution in [2.45, 2.75) is 57.7 Å². The molecule has 0 aliphatic carbocycles. The van der Waals surface area contributed by atoms with Crippen LogP contribution < -0.4 is 0 Å². The van der Waals surface area contributed by atoms with Gasteiger partial charge < -0.3 is 24.1 Å². The minimum Gasteiger partial charge on any atom is -0.456 e. The average Bonchev–Trinajstić information content (AvgIpc) is 3.36. The Labute approximate surface area is 235 Å². The molecule has 8 nitrogen and oxygen atoms in total. The van der Waals surface area contributed by atoms with Gasteiger partial charge in [-0.05, 0) is 34.9 Å². The number of rotatable bonds is 8. The molecule has 1 N–H and O–H groups in total. The van der Waals surface area contributed by atoms with Crippen molar-refractivity contribution in [3.63, 3.8) is 0 Å². The zero-order valence-electron chi connectivity index (χ0n) is 21.7. The molecule has 1 aliphatic heterocycles. The van der Waals surface area contributed by atoms with Gasteiger partial charge in [-0.1, -0.05) is 54.1 Å². The van der Waals surface area contributed by atoms with E-state index in [2.05, 4.69) is 24.3 Å². The van der Waals surface area contributed by atoms with Crippen LogP contribution in [0.1, 0.15) is 42.9 Å². The molecular formula is C29H29ClO8S. The molecule has 1 aliphatic rings. The Balaban J connectivity index is 1.68. The third-order valence-electron chi connectivity index (χ3n) is 6.20. The summed E-state index contributed by atoms with van der Waals surface area (Å²) in [5.74, 6) is -1.98. The Morgan fingerprint density at radius 3 is 2.15 bits per heavy atom. The van der Waals surface area contributed by atoms with Crippen LogP contribution >= 0.6 is 22.9 Å². The summed E-state index contributed by atoms with van der Waals surface area (Å²) in [5.41, 5.74) is 2.53. The molecular weight excluding hydrogens is 544 g/mol. The fraction of sp³-hybridized carbons (Fsp3) is 0.345. The highest BCUT2D eigenvalue weighted by Crippen LogP contribution is 2.39. The molecule has 0 bridgehead atoms. The molecule has 1 fully saturated rings. The number of ether oxygens (including phenoxy) is 4. The second-order valence-electron chi connectivity index (χ2n) is 9.16. The predicted octanol–water partition coefficient (Wildman–Crippen LogP) is 4.89. The van der Waals surface area contributed by atoms with Gasteiger partial charge in [-0.25, -0.2) is 0 Å². The van der Waals surface area contributed by atoms with E-state index >= 15 is 0 Å². The first kappa shape index (κ1) is 28.8. The van der Waals surface area contributed by atoms with Crippen molar-refractivity contribution in [3.8, 4) is 10.4 Å². The van der Waals surface area contributed by atoms with Crippen LogP contribution in [0.15, 0.2) is 60.7 Å². The average molecular weight is 573 g/mol. The highest BCUT2D eigenvalue weighted by Gasteiger charge is 2.52. The van der Waals surface area contributed by atoms with Crippen LogP contribution in [0.2, 0.25) is 5.02 Å². The first-order valence-corrected chi connectivity index (χ1v) is 13.6. The van der Waals surface area contributed by atoms with E-state index in [1.165, 1.54) is 20.8 Å². The number of hydrogen-bond donors (Lipinski definition) is 1. The van der Waals surface area contributed by atoms with E-state index in [0.29, 0.717) is 17.0 Å². The number of halogens is 1. The number of thiophene rings is 1. The number of benzene rings is 2. The second kappa shape index (κ2) is 12.7. The Bertz CT molecular complexity index is 1320. The first-order chi connectivity index (χ1) is 18.7. The number of carbonyl (C=O) groups is 3. The van der Waals surface area contributed by atoms with Crippen molar-refractivity contribution in [2.75, 3.05) is 6.61 Å². The summed E-state index contributed by atoms with van der Waals surface area (Å²) in [6.45, 7) is 3.07. The number of carbonyl (C=O) groups excluding carboxylic acids is 3. The van der Waals surface area contributed by atoms with Gasteiger partial charge in [0.05, 0.1) is 6.61 Å². The Morgan fingerprint density at radius 1 is 0.872 bits per heavy atom. The van der Waals surface area contributed by atoms with E-state index in [1.807, 2.05) is 24.3 Å². The number of hydrogen-bond acceptors (Lipinski definition) is 9. The van der Waals surface area contributed by atoms with Gasteiger partial charge in [0.25, 0.3) is 0 Å². The minimum absolute atomic E-state index is 0.531. The van der Waals surface area contributed by atoms with Crippen LogP contribution in [0.3, 0.4) is 0 Å². The second-order valence-corrected chi connectivity index (χ2v) is 10.7. The van der Waals surface area contributed by atoms with Crippen molar-refractivity contribution < 1.29 is 38.4 Å². The SMILES string of the molecule is CC(=O)O[C@H]1[C@H](OC(C)=O)[C@@H](CO)OC(c2ccc(Cl)c(Cc3ccc(-c4ccccc4)s3)c2)[C@H]1OC(C)=O. The Morgan fingerprint density at radius 2 is 1.51 bits per heavy atom. The van der Waals surface area contributed by atoms with Crippen LogP contribution in [-0.2, 0) is 39.8 Å². The van der Waals surface area contributed by atoms with Gasteiger partial charge in [-0.3, -0.25) is 14.4 Å². The van der Waals surface area contributed by atoms with Crippen molar-refractivity contribution in [3.05, 3.63) is 81.7 Å². The molecule has 10 heteroatoms. The number of aliphatic hydroxyl groups is 1. The van der Waals surface area contributed by atoms with Crippen molar-refractivity contribution in [1.82, 2.24) is 0 Å². The van der Waals surface area contributed by atoms with Crippen LogP contribution in [0.25, 0.3) is 10.4 Å². The van der Waals surface area contributed by atoms with E-state index in [-0.39, 0.29) is 0 Å². The van der Waals surface area contributed by atoms with Gasteiger partial charge in [0.15, 0.2) is 18.3 Å². The lowest BCUT2D eigenvalue weighted by Gasteiger charge is -2.44. The summed E-state index contributed by atoms with van der Waals surface area (Å²) in [6.07, 6.45) is -5.00. The molecule has 1 unspecified atom stereocenters. The molecule has 39 heavy (non-hydrogen) atoms. The molecule has 0 amide bonds. The third kappa shape index (κ3) is 7.05. The van der Waals surface area contributed by atoms with Gasteiger partial charge in [0.2, 0.25) is 0 Å². The monoisotopic (exact) mass is 572 g/mol. The smallest absolute Gasteiger partial charge is 0.303 e. The number of esters is 3. The van der Waals surface area contributed by atoms with Gasteiger partial charge in [-0.15, -0.1) is 11.3 Å². The molecule has 0 saturated carbocycles. The molecule has 1 saturated heterocycles. The van der Waals surface area contributed by atoms with Crippen molar-refractivity contribution >= 4 is 40.8 Å². The van der Waals surface area contributed by atoms with Gasteiger partial charge in [0.1, 0.15) is 12.2 Å². The highest BCUT2D eigenvalue weighted by atomic mass is 35.5. The summed E-state index contributed by atoms with van der Waals surface area (Å²) in [5, 5.41) is 10.6. The fourth-order valence-electron chi connectivity index (χ4n) is 4.64. The van der Waals surface area contributed by atoms with E-state index in [0.717, 1.165) is 20.9 Å². The normalized spacial score (nSPS) is 22.6. The van der Waals surface area contributed by atoms with Gasteiger partial charge in [-0.2, -0.15) is 0 Å². The molecule has 206 valence electrons. The summed E-state index contributed by atoms with van der Waals surface area (Å²) in [6, 6.07) is 19.5. The molecule has 1 aromatic heterocycles. The molecule has 2 heterocycles. The van der Waals surface area contributed by atoms with E-state index in [4.69, 9.17) is 30.5 Å². The van der Waals surface area contributed by atoms with E-state index in [1.54, 1.807) is 23.5 Å². The molecule has 2 aromatic carbocycles. The summed E-state index contributed by atoms with van der Waals surface area (Å²) >= 11 is 8.23. The first-order valence-electron chi connectivity index (χ1n) is 12.4. The third-order valence-corrected chi connectivity index (χ3v) is 7.71. The van der Waals surface area contributed by atoms with Crippen molar-refractivity contribution in [2.24, 2.45) is 0 Å². The van der Waals surface area contributed by atoms with Crippen LogP contribution in [0.5, 0.6) is 0 Å². The topological polar surface area (TPSA) is 108 Å². The molecule has 3 aromatic rings. The van der Waals surface area contributed by atoms with Gasteiger partial charge >= 0.3 is 17.9 Å². The molecule has 0 radical (unpaired) electrons. The highest BCUT2D eigenvalue weighted by molar-refractivity contribution is 7.15. The van der Waals surface area contributed by atoms with E-state index < -0.39 is 55.0 Å². The largest absolute Gasteiger partial charge is 0.456 e. The standard InChI is InChI=1S/C29H29ClO8S/c1-16(32)35-27-24(15-31)38-26(28(36-17(2)33)29(27)37-18(3)34)20-9-11-23(30)21(13-20)14-22-10-12-25(39-22)19-7-5-4-6-8-19/h4-13,24,26-29,31H,14-15H2,1-3H3/t24-,26?,27-,28-,29+/m1/s1. The summed E-state index contributed by atoms with van der Waals surface area (Å²) in [7, 11) is 0. The maximum atomic E-state index is 12.1. The predicted molar refractivity (Wildman–Crippen MR) is 145 cm³/mol. The minimum atomic E-state index is -1.21. The summed E-state index contributed by atoms with van der Waals surface area (Å²) < 4.78 is 22.5. The lowest BCUT2D eigenvalue weighted by Crippen LogP contribution is -2.59. The lowest BCUT2D eigenvalue weighted by molar-refractivity contribution is -0.253.